The van der Waals surface area contributed by atoms with Crippen LogP contribution in [0.5, 0.6) is 0 Å². The Kier molecular flexibility index (Phi) is 8.99. The van der Waals surface area contributed by atoms with Crippen LogP contribution in [0.1, 0.15) is 59.7 Å². The zero-order valence-electron chi connectivity index (χ0n) is 26.0. The number of fused-ring (bicyclic) bond motifs is 1. The van der Waals surface area contributed by atoms with E-state index < -0.39 is 44.1 Å². The number of nitrogens with zero attached hydrogens (tertiary/aromatic N) is 2. The van der Waals surface area contributed by atoms with Crippen LogP contribution in [0.25, 0.3) is 0 Å². The second kappa shape index (κ2) is 12.7. The number of rotatable bonds is 7. The van der Waals surface area contributed by atoms with Crippen LogP contribution in [0.4, 0.5) is 0 Å². The van der Waals surface area contributed by atoms with E-state index in [0.717, 1.165) is 34.2 Å². The Morgan fingerprint density at radius 1 is 0.696 bits per heavy atom. The molecule has 0 N–H and O–H groups in total. The lowest BCUT2D eigenvalue weighted by Crippen LogP contribution is -2.60. The molecule has 10 heteroatoms. The summed E-state index contributed by atoms with van der Waals surface area (Å²) >= 11 is 6.08. The van der Waals surface area contributed by atoms with E-state index in [1.165, 1.54) is 32.9 Å². The van der Waals surface area contributed by atoms with Gasteiger partial charge in [0.05, 0.1) is 21.9 Å². The third-order valence-corrected chi connectivity index (χ3v) is 13.4. The molecule has 0 aromatic heterocycles. The molecule has 6 rings (SSSR count). The van der Waals surface area contributed by atoms with Crippen molar-refractivity contribution < 1.29 is 21.6 Å². The minimum Gasteiger partial charge on any atom is -0.299 e. The Labute approximate surface area is 276 Å². The van der Waals surface area contributed by atoms with Crippen molar-refractivity contribution in [1.29, 1.82) is 0 Å². The highest BCUT2D eigenvalue weighted by Gasteiger charge is 2.54. The lowest BCUT2D eigenvalue weighted by atomic mass is 9.77. The fourth-order valence-electron chi connectivity index (χ4n) is 6.73. The average molecular weight is 677 g/mol. The van der Waals surface area contributed by atoms with Crippen molar-refractivity contribution in [3.8, 4) is 0 Å². The highest BCUT2D eigenvalue weighted by Crippen LogP contribution is 2.48. The van der Waals surface area contributed by atoms with Gasteiger partial charge in [-0.2, -0.15) is 8.61 Å². The molecule has 0 spiro atoms. The number of halogens is 1. The SMILES string of the molecule is CCc1ccc([C@@H]2CC(=O)[C@@H]3CN(S(=O)(=O)c4ccc(Cl)cc4)[C@H](c4ccc(C)cc4)C[C@@H]3N2S(=O)(=O)c2ccc(C)cc2)cc1. The van der Waals surface area contributed by atoms with E-state index in [4.69, 9.17) is 11.6 Å². The van der Waals surface area contributed by atoms with E-state index in [2.05, 4.69) is 6.92 Å². The van der Waals surface area contributed by atoms with Crippen LogP contribution in [-0.2, 0) is 31.3 Å². The Hall–Kier alpha value is -3.34. The van der Waals surface area contributed by atoms with Gasteiger partial charge >= 0.3 is 0 Å². The fourth-order valence-corrected chi connectivity index (χ4v) is 10.4. The molecule has 0 amide bonds. The van der Waals surface area contributed by atoms with Gasteiger partial charge in [0.25, 0.3) is 0 Å². The van der Waals surface area contributed by atoms with Crippen LogP contribution < -0.4 is 0 Å². The van der Waals surface area contributed by atoms with E-state index in [0.29, 0.717) is 5.02 Å². The summed E-state index contributed by atoms with van der Waals surface area (Å²) in [6.07, 6.45) is 0.888. The van der Waals surface area contributed by atoms with Crippen LogP contribution in [0.2, 0.25) is 5.02 Å². The summed E-state index contributed by atoms with van der Waals surface area (Å²) in [6, 6.07) is 25.8. The average Bonchev–Trinajstić information content (AvgIpc) is 3.05. The number of carbonyl (C=O) groups is 1. The maximum absolute atomic E-state index is 14.7. The number of hydrogen-bond donors (Lipinski definition) is 0. The van der Waals surface area contributed by atoms with E-state index in [1.54, 1.807) is 24.3 Å². The van der Waals surface area contributed by atoms with Gasteiger partial charge in [0.15, 0.2) is 0 Å². The molecule has 2 heterocycles. The molecule has 2 aliphatic heterocycles. The Morgan fingerprint density at radius 2 is 1.20 bits per heavy atom. The lowest BCUT2D eigenvalue weighted by Gasteiger charge is -2.51. The summed E-state index contributed by atoms with van der Waals surface area (Å²) < 4.78 is 60.7. The first kappa shape index (κ1) is 32.6. The monoisotopic (exact) mass is 676 g/mol. The van der Waals surface area contributed by atoms with Crippen molar-refractivity contribution in [1.82, 2.24) is 8.61 Å². The van der Waals surface area contributed by atoms with Gasteiger partial charge in [0.2, 0.25) is 20.0 Å². The van der Waals surface area contributed by atoms with Crippen LogP contribution in [0.3, 0.4) is 0 Å². The summed E-state index contributed by atoms with van der Waals surface area (Å²) in [5.41, 5.74) is 4.52. The first-order valence-corrected chi connectivity index (χ1v) is 18.7. The smallest absolute Gasteiger partial charge is 0.243 e. The summed E-state index contributed by atoms with van der Waals surface area (Å²) in [5.74, 6) is -1.00. The Balaban J connectivity index is 1.50. The molecule has 2 aliphatic rings. The zero-order valence-corrected chi connectivity index (χ0v) is 28.4. The minimum atomic E-state index is -4.11. The number of benzene rings is 4. The van der Waals surface area contributed by atoms with Gasteiger partial charge in [-0.25, -0.2) is 16.8 Å². The predicted molar refractivity (Wildman–Crippen MR) is 180 cm³/mol. The standard InChI is InChI=1S/C36H37ClN2O5S2/c1-4-26-9-13-28(14-10-26)34-22-36(40)32-23-38(45(41,42)30-19-15-29(37)16-20-30)33(27-11-5-24(2)6-12-27)21-35(32)39(34)46(43,44)31-17-7-25(3)8-18-31/h5-20,32-35H,4,21-23H2,1-3H3/t32-,33+,34+,35+/m1/s1. The van der Waals surface area contributed by atoms with Crippen LogP contribution in [0.15, 0.2) is 107 Å². The Morgan fingerprint density at radius 3 is 1.78 bits per heavy atom. The van der Waals surface area contributed by atoms with Crippen molar-refractivity contribution >= 4 is 37.4 Å². The van der Waals surface area contributed by atoms with Gasteiger partial charge in [-0.1, -0.05) is 90.3 Å². The third kappa shape index (κ3) is 6.07. The lowest BCUT2D eigenvalue weighted by molar-refractivity contribution is -0.132. The van der Waals surface area contributed by atoms with Gasteiger partial charge in [-0.05, 0) is 79.8 Å². The van der Waals surface area contributed by atoms with Crippen molar-refractivity contribution in [3.63, 3.8) is 0 Å². The molecule has 46 heavy (non-hydrogen) atoms. The van der Waals surface area contributed by atoms with E-state index in [9.17, 15) is 21.6 Å². The molecular formula is C36H37ClN2O5S2. The van der Waals surface area contributed by atoms with Gasteiger partial charge < -0.3 is 0 Å². The van der Waals surface area contributed by atoms with Crippen molar-refractivity contribution in [2.45, 2.75) is 68.0 Å². The number of aryl methyl sites for hydroxylation is 3. The molecule has 4 atom stereocenters. The Bertz CT molecular complexity index is 1950. The number of sulfonamides is 2. The van der Waals surface area contributed by atoms with Crippen molar-refractivity contribution in [2.24, 2.45) is 5.92 Å². The van der Waals surface area contributed by atoms with Gasteiger partial charge in [-0.3, -0.25) is 4.79 Å². The summed E-state index contributed by atoms with van der Waals surface area (Å²) in [7, 11) is -8.20. The molecule has 0 aliphatic carbocycles. The summed E-state index contributed by atoms with van der Waals surface area (Å²) in [5, 5.41) is 0.408. The second-order valence-corrected chi connectivity index (χ2v) is 16.5. The summed E-state index contributed by atoms with van der Waals surface area (Å²) in [6.45, 7) is 5.75. The molecule has 4 aromatic rings. The molecule has 0 saturated carbocycles. The highest BCUT2D eigenvalue weighted by atomic mass is 35.5. The normalized spacial score (nSPS) is 22.8. The molecule has 2 fully saturated rings. The van der Waals surface area contributed by atoms with Gasteiger partial charge in [0.1, 0.15) is 5.78 Å². The molecule has 2 saturated heterocycles. The molecule has 4 aromatic carbocycles. The van der Waals surface area contributed by atoms with E-state index in [-0.39, 0.29) is 35.0 Å². The van der Waals surface area contributed by atoms with Gasteiger partial charge in [-0.15, -0.1) is 0 Å². The molecule has 0 unspecified atom stereocenters. The number of carbonyl (C=O) groups excluding carboxylic acids is 1. The largest absolute Gasteiger partial charge is 0.299 e. The third-order valence-electron chi connectivity index (χ3n) is 9.35. The second-order valence-electron chi connectivity index (χ2n) is 12.3. The molecule has 240 valence electrons. The van der Waals surface area contributed by atoms with Crippen molar-refractivity contribution in [2.75, 3.05) is 6.54 Å². The van der Waals surface area contributed by atoms with Crippen LogP contribution in [-0.4, -0.2) is 43.8 Å². The van der Waals surface area contributed by atoms with E-state index in [1.807, 2.05) is 62.4 Å². The topological polar surface area (TPSA) is 91.8 Å². The number of piperidine rings is 2. The number of hydrogen-bond acceptors (Lipinski definition) is 5. The molecule has 0 bridgehead atoms. The first-order valence-electron chi connectivity index (χ1n) is 15.5. The first-order chi connectivity index (χ1) is 21.9. The maximum Gasteiger partial charge on any atom is 0.243 e. The number of ketones is 1. The predicted octanol–water partition coefficient (Wildman–Crippen LogP) is 7.04. The molecular weight excluding hydrogens is 640 g/mol. The maximum atomic E-state index is 14.7. The van der Waals surface area contributed by atoms with Gasteiger partial charge in [0, 0.05) is 29.9 Å². The minimum absolute atomic E-state index is 0.0538. The highest BCUT2D eigenvalue weighted by molar-refractivity contribution is 7.89. The van der Waals surface area contributed by atoms with Crippen LogP contribution >= 0.6 is 11.6 Å². The van der Waals surface area contributed by atoms with Crippen molar-refractivity contribution in [3.05, 3.63) is 130 Å². The molecule has 7 nitrogen and oxygen atoms in total. The quantitative estimate of drug-likeness (QED) is 0.209. The number of Topliss-reactive ketones (excluding diaryl/α,β-unsaturated/α-hetero) is 1. The molecule has 0 radical (unpaired) electrons. The van der Waals surface area contributed by atoms with Crippen LogP contribution in [0, 0.1) is 19.8 Å². The summed E-state index contributed by atoms with van der Waals surface area (Å²) in [4.78, 5) is 14.3. The fraction of sp³-hybridized carbons (Fsp3) is 0.306. The van der Waals surface area contributed by atoms with E-state index >= 15 is 0 Å². The zero-order chi connectivity index (χ0) is 32.8.